The first-order valence-corrected chi connectivity index (χ1v) is 11.4. The Kier molecular flexibility index (Phi) is 7.44. The van der Waals surface area contributed by atoms with Crippen molar-refractivity contribution >= 4 is 5.97 Å². The normalized spacial score (nSPS) is 24.6. The predicted octanol–water partition coefficient (Wildman–Crippen LogP) is 4.82. The molecule has 1 fully saturated rings. The first-order valence-electron chi connectivity index (χ1n) is 11.4. The van der Waals surface area contributed by atoms with Crippen LogP contribution in [0, 0.1) is 6.92 Å². The van der Waals surface area contributed by atoms with E-state index in [0.29, 0.717) is 18.8 Å². The lowest BCUT2D eigenvalue weighted by molar-refractivity contribution is -0.318. The quantitative estimate of drug-likeness (QED) is 0.499. The molecule has 0 spiro atoms. The summed E-state index contributed by atoms with van der Waals surface area (Å²) >= 11 is 0. The molecule has 4 atom stereocenters. The molecule has 1 heterocycles. The number of carbonyl (C=O) groups is 1. The third-order valence-corrected chi connectivity index (χ3v) is 6.19. The van der Waals surface area contributed by atoms with Crippen LogP contribution in [0.15, 0.2) is 78.9 Å². The van der Waals surface area contributed by atoms with Crippen molar-refractivity contribution in [2.75, 3.05) is 0 Å². The zero-order valence-corrected chi connectivity index (χ0v) is 19.4. The lowest BCUT2D eigenvalue weighted by atomic mass is 9.88. The van der Waals surface area contributed by atoms with Crippen LogP contribution in [0.4, 0.5) is 0 Å². The number of carboxylic acids is 1. The van der Waals surface area contributed by atoms with Gasteiger partial charge >= 0.3 is 5.97 Å². The molecular weight excluding hydrogens is 432 g/mol. The summed E-state index contributed by atoms with van der Waals surface area (Å²) in [7, 11) is 0. The average molecular weight is 463 g/mol. The number of ether oxygens (including phenoxy) is 3. The van der Waals surface area contributed by atoms with E-state index in [1.54, 1.807) is 6.07 Å². The zero-order chi connectivity index (χ0) is 24.1. The Morgan fingerprint density at radius 2 is 1.56 bits per heavy atom. The van der Waals surface area contributed by atoms with E-state index in [0.717, 1.165) is 16.7 Å². The highest BCUT2D eigenvalue weighted by Gasteiger charge is 2.47. The lowest BCUT2D eigenvalue weighted by Gasteiger charge is -2.45. The van der Waals surface area contributed by atoms with Gasteiger partial charge < -0.3 is 24.4 Å². The largest absolute Gasteiger partial charge is 0.478 e. The Bertz CT molecular complexity index is 1100. The summed E-state index contributed by atoms with van der Waals surface area (Å²) in [5, 5.41) is 21.1. The summed E-state index contributed by atoms with van der Waals surface area (Å²) in [5.41, 5.74) is 3.30. The second kappa shape index (κ2) is 10.5. The molecule has 0 bridgehead atoms. The van der Waals surface area contributed by atoms with Crippen molar-refractivity contribution in [3.63, 3.8) is 0 Å². The molecule has 0 saturated carbocycles. The number of rotatable bonds is 8. The van der Waals surface area contributed by atoms with E-state index in [-0.39, 0.29) is 12.0 Å². The maximum absolute atomic E-state index is 11.6. The second-order valence-electron chi connectivity index (χ2n) is 8.74. The monoisotopic (exact) mass is 462 g/mol. The molecule has 0 aliphatic carbocycles. The van der Waals surface area contributed by atoms with Crippen molar-refractivity contribution in [1.82, 2.24) is 0 Å². The molecule has 6 heteroatoms. The van der Waals surface area contributed by atoms with Gasteiger partial charge in [0.2, 0.25) is 0 Å². The van der Waals surface area contributed by atoms with Crippen molar-refractivity contribution < 1.29 is 29.2 Å². The molecule has 34 heavy (non-hydrogen) atoms. The van der Waals surface area contributed by atoms with Crippen molar-refractivity contribution in [3.8, 4) is 0 Å². The molecule has 1 aliphatic rings. The number of hydrogen-bond donors (Lipinski definition) is 2. The molecule has 3 aromatic carbocycles. The fraction of sp³-hybridized carbons (Fsp3) is 0.321. The van der Waals surface area contributed by atoms with Gasteiger partial charge in [-0.3, -0.25) is 0 Å². The van der Waals surface area contributed by atoms with Gasteiger partial charge in [-0.15, -0.1) is 0 Å². The molecule has 6 nitrogen and oxygen atoms in total. The van der Waals surface area contributed by atoms with Crippen LogP contribution < -0.4 is 0 Å². The number of aliphatic hydroxyl groups is 1. The number of carboxylic acid groups (broad SMARTS) is 1. The molecule has 3 aromatic rings. The van der Waals surface area contributed by atoms with Crippen molar-refractivity contribution in [2.45, 2.75) is 57.6 Å². The summed E-state index contributed by atoms with van der Waals surface area (Å²) in [5.74, 6) is -2.77. The van der Waals surface area contributed by atoms with Gasteiger partial charge in [0.15, 0.2) is 5.79 Å². The van der Waals surface area contributed by atoms with Crippen molar-refractivity contribution in [2.24, 2.45) is 0 Å². The summed E-state index contributed by atoms with van der Waals surface area (Å²) in [6, 6.07) is 24.3. The minimum Gasteiger partial charge on any atom is -0.478 e. The predicted molar refractivity (Wildman–Crippen MR) is 127 cm³/mol. The van der Waals surface area contributed by atoms with Gasteiger partial charge in [-0.2, -0.15) is 0 Å². The second-order valence-corrected chi connectivity index (χ2v) is 8.74. The summed E-state index contributed by atoms with van der Waals surface area (Å²) in [4.78, 5) is 11.5. The first-order chi connectivity index (χ1) is 16.4. The van der Waals surface area contributed by atoms with Gasteiger partial charge in [0.05, 0.1) is 31.0 Å². The smallest absolute Gasteiger partial charge is 0.335 e. The van der Waals surface area contributed by atoms with Crippen LogP contribution in [0.2, 0.25) is 0 Å². The van der Waals surface area contributed by atoms with E-state index in [4.69, 9.17) is 14.2 Å². The van der Waals surface area contributed by atoms with Crippen LogP contribution in [-0.2, 0) is 33.2 Å². The Hall–Kier alpha value is -3.03. The molecule has 0 aromatic heterocycles. The van der Waals surface area contributed by atoms with E-state index >= 15 is 0 Å². The molecule has 0 amide bonds. The van der Waals surface area contributed by atoms with Crippen LogP contribution in [0.3, 0.4) is 0 Å². The standard InChI is InChI=1S/C28H30O6/c1-19-13-14-23(27(29)30)15-24(19)28(31)16-25(32-17-21-9-5-3-6-10-21)26(20(2)34-28)33-18-22-11-7-4-8-12-22/h3-15,20,25-26,31H,16-18H2,1-2H3,(H,29,30)/t20?,25?,26-,28?/m1/s1. The fourth-order valence-electron chi connectivity index (χ4n) is 4.40. The van der Waals surface area contributed by atoms with Crippen LogP contribution in [0.5, 0.6) is 0 Å². The molecule has 2 N–H and O–H groups in total. The molecule has 4 rings (SSSR count). The summed E-state index contributed by atoms with van der Waals surface area (Å²) in [6.45, 7) is 4.41. The average Bonchev–Trinajstić information content (AvgIpc) is 2.83. The number of hydrogen-bond acceptors (Lipinski definition) is 5. The highest BCUT2D eigenvalue weighted by Crippen LogP contribution is 2.40. The van der Waals surface area contributed by atoms with E-state index < -0.39 is 30.1 Å². The molecule has 1 saturated heterocycles. The van der Waals surface area contributed by atoms with E-state index in [9.17, 15) is 15.0 Å². The van der Waals surface area contributed by atoms with E-state index in [2.05, 4.69) is 0 Å². The van der Waals surface area contributed by atoms with E-state index in [1.165, 1.54) is 12.1 Å². The molecule has 178 valence electrons. The molecule has 1 aliphatic heterocycles. The molecule has 3 unspecified atom stereocenters. The number of aryl methyl sites for hydroxylation is 1. The van der Waals surface area contributed by atoms with Crippen LogP contribution in [-0.4, -0.2) is 34.5 Å². The third-order valence-electron chi connectivity index (χ3n) is 6.19. The van der Waals surface area contributed by atoms with Gasteiger partial charge in [-0.05, 0) is 42.7 Å². The number of aromatic carboxylic acids is 1. The van der Waals surface area contributed by atoms with Gasteiger partial charge in [0.25, 0.3) is 0 Å². The van der Waals surface area contributed by atoms with Crippen molar-refractivity contribution in [1.29, 1.82) is 0 Å². The molecule has 0 radical (unpaired) electrons. The van der Waals surface area contributed by atoms with Crippen LogP contribution >= 0.6 is 0 Å². The van der Waals surface area contributed by atoms with Crippen molar-refractivity contribution in [3.05, 3.63) is 107 Å². The maximum Gasteiger partial charge on any atom is 0.335 e. The highest BCUT2D eigenvalue weighted by atomic mass is 16.7. The first kappa shape index (κ1) is 24.1. The third kappa shape index (κ3) is 5.54. The van der Waals surface area contributed by atoms with Gasteiger partial charge in [-0.25, -0.2) is 4.79 Å². The van der Waals surface area contributed by atoms with E-state index in [1.807, 2.05) is 74.5 Å². The SMILES string of the molecule is Cc1ccc(C(=O)O)cc1C1(O)CC(OCc2ccccc2)[C@H](OCc2ccccc2)C(C)O1. The Morgan fingerprint density at radius 1 is 0.971 bits per heavy atom. The maximum atomic E-state index is 11.6. The number of benzene rings is 3. The Labute approximate surface area is 199 Å². The zero-order valence-electron chi connectivity index (χ0n) is 19.4. The highest BCUT2D eigenvalue weighted by molar-refractivity contribution is 5.88. The van der Waals surface area contributed by atoms with Gasteiger partial charge in [-0.1, -0.05) is 66.7 Å². The van der Waals surface area contributed by atoms with Crippen LogP contribution in [0.1, 0.15) is 46.0 Å². The van der Waals surface area contributed by atoms with Gasteiger partial charge in [0.1, 0.15) is 6.10 Å². The Morgan fingerprint density at radius 3 is 2.15 bits per heavy atom. The topological polar surface area (TPSA) is 85.2 Å². The summed E-state index contributed by atoms with van der Waals surface area (Å²) in [6.07, 6.45) is -1.30. The molecular formula is C28H30O6. The minimum absolute atomic E-state index is 0.0921. The van der Waals surface area contributed by atoms with Gasteiger partial charge in [0, 0.05) is 12.0 Å². The Balaban J connectivity index is 1.60. The van der Waals surface area contributed by atoms with Crippen LogP contribution in [0.25, 0.3) is 0 Å². The lowest BCUT2D eigenvalue weighted by Crippen LogP contribution is -2.54. The minimum atomic E-state index is -1.71. The fourth-order valence-corrected chi connectivity index (χ4v) is 4.40. The summed E-state index contributed by atoms with van der Waals surface area (Å²) < 4.78 is 18.7.